The lowest BCUT2D eigenvalue weighted by atomic mass is 10.1. The molecule has 0 N–H and O–H groups in total. The molecule has 20 heavy (non-hydrogen) atoms. The van der Waals surface area contributed by atoms with Crippen molar-refractivity contribution in [1.29, 1.82) is 0 Å². The van der Waals surface area contributed by atoms with E-state index in [9.17, 15) is 9.59 Å². The summed E-state index contributed by atoms with van der Waals surface area (Å²) >= 11 is 0. The summed E-state index contributed by atoms with van der Waals surface area (Å²) in [6.45, 7) is 8.29. The lowest BCUT2D eigenvalue weighted by Gasteiger charge is -2.20. The number of amides is 2. The summed E-state index contributed by atoms with van der Waals surface area (Å²) in [6.07, 6.45) is -0.0981. The van der Waals surface area contributed by atoms with E-state index in [4.69, 9.17) is 4.74 Å². The summed E-state index contributed by atoms with van der Waals surface area (Å²) < 4.78 is 5.01. The van der Waals surface area contributed by atoms with Crippen LogP contribution in [0, 0.1) is 0 Å². The van der Waals surface area contributed by atoms with Gasteiger partial charge in [-0.1, -0.05) is 44.2 Å². The second-order valence-corrected chi connectivity index (χ2v) is 6.98. The maximum absolute atomic E-state index is 12.1. The van der Waals surface area contributed by atoms with Crippen molar-refractivity contribution in [2.24, 2.45) is 0 Å². The first-order valence-electron chi connectivity index (χ1n) is 6.78. The number of hydrogen-bond acceptors (Lipinski definition) is 3. The van der Waals surface area contributed by atoms with Crippen molar-refractivity contribution >= 4 is 19.9 Å². The lowest BCUT2D eigenvalue weighted by molar-refractivity contribution is -0.126. The molecule has 5 heteroatoms. The van der Waals surface area contributed by atoms with Gasteiger partial charge in [0, 0.05) is 6.16 Å². The summed E-state index contributed by atoms with van der Waals surface area (Å²) in [5, 5.41) is 0. The average molecular weight is 295 g/mol. The van der Waals surface area contributed by atoms with E-state index in [-0.39, 0.29) is 26.5 Å². The van der Waals surface area contributed by atoms with Crippen LogP contribution in [-0.4, -0.2) is 43.0 Å². The summed E-state index contributed by atoms with van der Waals surface area (Å²) in [5.74, 6) is -0.137. The van der Waals surface area contributed by atoms with E-state index in [2.05, 4.69) is 0 Å². The Hall–Kier alpha value is -1.41. The highest BCUT2D eigenvalue weighted by atomic mass is 31.1. The van der Waals surface area contributed by atoms with Gasteiger partial charge < -0.3 is 4.74 Å². The molecule has 0 spiro atoms. The van der Waals surface area contributed by atoms with E-state index in [0.717, 1.165) is 5.56 Å². The van der Waals surface area contributed by atoms with Crippen LogP contribution in [0.2, 0.25) is 0 Å². The van der Waals surface area contributed by atoms with Gasteiger partial charge in [-0.2, -0.15) is 0 Å². The molecule has 1 aliphatic rings. The SMILES string of the molecule is CC.CP(C)CC(=O)N1C(=O)OC[C@H]1c1ccccc1. The van der Waals surface area contributed by atoms with E-state index in [0.29, 0.717) is 6.16 Å². The third kappa shape index (κ3) is 4.04. The van der Waals surface area contributed by atoms with E-state index < -0.39 is 6.09 Å². The molecule has 1 aliphatic heterocycles. The second kappa shape index (κ2) is 8.01. The van der Waals surface area contributed by atoms with Crippen LogP contribution >= 0.6 is 7.92 Å². The highest BCUT2D eigenvalue weighted by Crippen LogP contribution is 2.31. The quantitative estimate of drug-likeness (QED) is 0.802. The van der Waals surface area contributed by atoms with Gasteiger partial charge in [-0.3, -0.25) is 4.79 Å². The molecule has 2 rings (SSSR count). The van der Waals surface area contributed by atoms with Gasteiger partial charge in [0.15, 0.2) is 0 Å². The number of hydrogen-bond donors (Lipinski definition) is 0. The molecule has 0 radical (unpaired) electrons. The Labute approximate surface area is 121 Å². The molecule has 2 amide bonds. The van der Waals surface area contributed by atoms with Crippen LogP contribution in [0.15, 0.2) is 30.3 Å². The Morgan fingerprint density at radius 1 is 1.30 bits per heavy atom. The average Bonchev–Trinajstić information content (AvgIpc) is 2.83. The van der Waals surface area contributed by atoms with Crippen molar-refractivity contribution in [2.45, 2.75) is 19.9 Å². The first-order chi connectivity index (χ1) is 9.59. The smallest absolute Gasteiger partial charge is 0.417 e. The molecule has 0 bridgehead atoms. The van der Waals surface area contributed by atoms with E-state index in [1.807, 2.05) is 57.5 Å². The largest absolute Gasteiger partial charge is 0.446 e. The highest BCUT2D eigenvalue weighted by Gasteiger charge is 2.38. The Kier molecular flexibility index (Phi) is 6.66. The minimum absolute atomic E-state index is 0.137. The van der Waals surface area contributed by atoms with Gasteiger partial charge in [-0.25, -0.2) is 9.69 Å². The first-order valence-corrected chi connectivity index (χ1v) is 9.20. The molecular formula is C15H22NO3P. The number of carbonyl (C=O) groups is 2. The summed E-state index contributed by atoms with van der Waals surface area (Å²) in [5.41, 5.74) is 0.938. The number of benzene rings is 1. The summed E-state index contributed by atoms with van der Waals surface area (Å²) in [6, 6.07) is 9.24. The van der Waals surface area contributed by atoms with Gasteiger partial charge >= 0.3 is 6.09 Å². The van der Waals surface area contributed by atoms with Crippen LogP contribution in [-0.2, 0) is 9.53 Å². The maximum Gasteiger partial charge on any atom is 0.417 e. The molecule has 0 aliphatic carbocycles. The van der Waals surface area contributed by atoms with Crippen LogP contribution in [0.5, 0.6) is 0 Å². The lowest BCUT2D eigenvalue weighted by Crippen LogP contribution is -2.35. The second-order valence-electron chi connectivity index (χ2n) is 4.50. The minimum atomic E-state index is -0.522. The van der Waals surface area contributed by atoms with Gasteiger partial charge in [-0.15, -0.1) is 7.92 Å². The number of carbonyl (C=O) groups excluding carboxylic acids is 2. The van der Waals surface area contributed by atoms with Crippen molar-refractivity contribution in [3.05, 3.63) is 35.9 Å². The number of imide groups is 1. The molecule has 1 aromatic carbocycles. The van der Waals surface area contributed by atoms with Crippen molar-refractivity contribution in [3.8, 4) is 0 Å². The Morgan fingerprint density at radius 3 is 2.45 bits per heavy atom. The number of ether oxygens (including phenoxy) is 1. The third-order valence-corrected chi connectivity index (χ3v) is 3.68. The fraction of sp³-hybridized carbons (Fsp3) is 0.467. The molecule has 4 nitrogen and oxygen atoms in total. The fourth-order valence-corrected chi connectivity index (χ4v) is 2.66. The molecule has 0 aromatic heterocycles. The molecule has 1 fully saturated rings. The van der Waals surface area contributed by atoms with Gasteiger partial charge in [0.2, 0.25) is 5.91 Å². The standard InChI is InChI=1S/C13H16NO3P.C2H6/c1-18(2)9-12(15)14-11(8-17-13(14)16)10-6-4-3-5-7-10;1-2/h3-7,11H,8-9H2,1-2H3;1-2H3/t11-;/m0./s1. The normalized spacial score (nSPS) is 17.6. The minimum Gasteiger partial charge on any atom is -0.446 e. The summed E-state index contributed by atoms with van der Waals surface area (Å²) in [7, 11) is -0.362. The molecule has 0 unspecified atom stereocenters. The van der Waals surface area contributed by atoms with E-state index >= 15 is 0 Å². The maximum atomic E-state index is 12.1. The molecule has 1 aromatic rings. The molecular weight excluding hydrogens is 273 g/mol. The van der Waals surface area contributed by atoms with Gasteiger partial charge in [0.25, 0.3) is 0 Å². The van der Waals surface area contributed by atoms with Crippen LogP contribution < -0.4 is 0 Å². The molecule has 1 atom stereocenters. The van der Waals surface area contributed by atoms with Crippen molar-refractivity contribution < 1.29 is 14.3 Å². The van der Waals surface area contributed by atoms with E-state index in [1.165, 1.54) is 4.90 Å². The summed E-state index contributed by atoms with van der Waals surface area (Å²) in [4.78, 5) is 25.0. The Balaban J connectivity index is 0.000000956. The molecule has 1 heterocycles. The van der Waals surface area contributed by atoms with Gasteiger partial charge in [-0.05, 0) is 18.9 Å². The predicted octanol–water partition coefficient (Wildman–Crippen LogP) is 3.47. The zero-order valence-corrected chi connectivity index (χ0v) is 13.4. The highest BCUT2D eigenvalue weighted by molar-refractivity contribution is 7.56. The first kappa shape index (κ1) is 16.6. The molecule has 110 valence electrons. The van der Waals surface area contributed by atoms with Crippen molar-refractivity contribution in [1.82, 2.24) is 4.90 Å². The van der Waals surface area contributed by atoms with Crippen molar-refractivity contribution in [3.63, 3.8) is 0 Å². The van der Waals surface area contributed by atoms with Crippen LogP contribution in [0.4, 0.5) is 4.79 Å². The monoisotopic (exact) mass is 295 g/mol. The Bertz CT molecular complexity index is 448. The van der Waals surface area contributed by atoms with Crippen LogP contribution in [0.3, 0.4) is 0 Å². The molecule has 1 saturated heterocycles. The zero-order chi connectivity index (χ0) is 15.1. The number of nitrogens with zero attached hydrogens (tertiary/aromatic N) is 1. The third-order valence-electron chi connectivity index (χ3n) is 2.78. The fourth-order valence-electron chi connectivity index (χ4n) is 1.96. The molecule has 0 saturated carbocycles. The zero-order valence-electron chi connectivity index (χ0n) is 12.5. The predicted molar refractivity (Wildman–Crippen MR) is 82.4 cm³/mol. The van der Waals surface area contributed by atoms with Gasteiger partial charge in [0.05, 0.1) is 0 Å². The number of rotatable bonds is 3. The van der Waals surface area contributed by atoms with Crippen molar-refractivity contribution in [2.75, 3.05) is 26.1 Å². The van der Waals surface area contributed by atoms with Gasteiger partial charge in [0.1, 0.15) is 12.6 Å². The van der Waals surface area contributed by atoms with Crippen LogP contribution in [0.25, 0.3) is 0 Å². The number of cyclic esters (lactones) is 1. The topological polar surface area (TPSA) is 46.6 Å². The Morgan fingerprint density at radius 2 is 1.90 bits per heavy atom. The van der Waals surface area contributed by atoms with Crippen LogP contribution in [0.1, 0.15) is 25.5 Å². The van der Waals surface area contributed by atoms with E-state index in [1.54, 1.807) is 0 Å².